The van der Waals surface area contributed by atoms with Gasteiger partial charge in [-0.15, -0.1) is 0 Å². The number of alkyl halides is 6. The number of rotatable bonds is 7. The molecule has 2 heterocycles. The molecule has 2 N–H and O–H groups in total. The van der Waals surface area contributed by atoms with Gasteiger partial charge in [0.25, 0.3) is 5.91 Å². The maximum atomic E-state index is 13.2. The minimum absolute atomic E-state index is 0.0264. The van der Waals surface area contributed by atoms with Crippen LogP contribution in [-0.4, -0.2) is 39.3 Å². The summed E-state index contributed by atoms with van der Waals surface area (Å²) in [5, 5.41) is 12.0. The standard InChI is InChI=1S/C25H16F6N2O4S2/c26-24(27,28)15-9-14(10-16(11-15)25(29,30)31)19-6-5-18(37-19)12-20-21(34)33(23(38)39-20)8-7-32-17-3-1-13(2-4-17)22(35)36/h1-6,9-12,32H,7-8H2,(H,35,36)/b20-12-. The molecule has 39 heavy (non-hydrogen) atoms. The van der Waals surface area contributed by atoms with Gasteiger partial charge < -0.3 is 14.8 Å². The van der Waals surface area contributed by atoms with E-state index in [9.17, 15) is 35.9 Å². The van der Waals surface area contributed by atoms with Crippen LogP contribution in [0.4, 0.5) is 32.0 Å². The van der Waals surface area contributed by atoms with E-state index < -0.39 is 40.9 Å². The van der Waals surface area contributed by atoms with E-state index in [0.29, 0.717) is 17.8 Å². The van der Waals surface area contributed by atoms with Gasteiger partial charge in [0.1, 0.15) is 15.8 Å². The molecule has 3 aromatic rings. The van der Waals surface area contributed by atoms with E-state index in [1.54, 1.807) is 12.1 Å². The SMILES string of the molecule is O=C(O)c1ccc(NCCN2C(=O)/C(=C/c3ccc(-c4cc(C(F)(F)F)cc(C(F)(F)F)c4)o3)SC2=S)cc1. The third-order valence-corrected chi connectivity index (χ3v) is 6.82. The van der Waals surface area contributed by atoms with E-state index in [1.807, 2.05) is 0 Å². The molecule has 1 amide bonds. The normalized spacial score (nSPS) is 15.3. The quantitative estimate of drug-likeness (QED) is 0.175. The van der Waals surface area contributed by atoms with Gasteiger partial charge in [-0.1, -0.05) is 24.0 Å². The Kier molecular flexibility index (Phi) is 7.80. The van der Waals surface area contributed by atoms with Crippen LogP contribution in [0, 0.1) is 0 Å². The number of nitrogens with zero attached hydrogens (tertiary/aromatic N) is 1. The second-order valence-corrected chi connectivity index (χ2v) is 9.81. The molecule has 0 bridgehead atoms. The molecule has 6 nitrogen and oxygen atoms in total. The Labute approximate surface area is 226 Å². The van der Waals surface area contributed by atoms with Crippen molar-refractivity contribution >= 4 is 51.9 Å². The van der Waals surface area contributed by atoms with Crippen molar-refractivity contribution in [2.45, 2.75) is 12.4 Å². The highest BCUT2D eigenvalue weighted by molar-refractivity contribution is 8.26. The molecule has 0 saturated carbocycles. The number of aromatic carboxylic acids is 1. The molecule has 0 radical (unpaired) electrons. The third kappa shape index (κ3) is 6.63. The summed E-state index contributed by atoms with van der Waals surface area (Å²) in [6, 6.07) is 9.66. The molecule has 0 aliphatic carbocycles. The summed E-state index contributed by atoms with van der Waals surface area (Å²) >= 11 is 6.22. The summed E-state index contributed by atoms with van der Waals surface area (Å²) in [6.07, 6.45) is -8.70. The van der Waals surface area contributed by atoms with E-state index in [0.717, 1.165) is 11.8 Å². The number of thiocarbonyl (C=S) groups is 1. The summed E-state index contributed by atoms with van der Waals surface area (Å²) < 4.78 is 84.8. The highest BCUT2D eigenvalue weighted by Crippen LogP contribution is 2.39. The van der Waals surface area contributed by atoms with E-state index in [1.165, 1.54) is 35.2 Å². The number of hydrogen-bond acceptors (Lipinski definition) is 6. The zero-order chi connectivity index (χ0) is 28.5. The Hall–Kier alpha value is -3.78. The molecule has 0 unspecified atom stereocenters. The lowest BCUT2D eigenvalue weighted by Crippen LogP contribution is -2.32. The van der Waals surface area contributed by atoms with Crippen molar-refractivity contribution in [2.75, 3.05) is 18.4 Å². The van der Waals surface area contributed by atoms with Crippen molar-refractivity contribution in [3.8, 4) is 11.3 Å². The fourth-order valence-electron chi connectivity index (χ4n) is 3.55. The molecule has 1 saturated heterocycles. The number of halogens is 6. The fourth-order valence-corrected chi connectivity index (χ4v) is 4.84. The predicted octanol–water partition coefficient (Wildman–Crippen LogP) is 7.00. The number of carbonyl (C=O) groups excluding carboxylic acids is 1. The Bertz CT molecular complexity index is 1430. The molecule has 1 aromatic heterocycles. The maximum Gasteiger partial charge on any atom is 0.416 e. The van der Waals surface area contributed by atoms with Crippen LogP contribution in [-0.2, 0) is 17.1 Å². The molecule has 1 fully saturated rings. The van der Waals surface area contributed by atoms with E-state index in [-0.39, 0.29) is 45.5 Å². The molecular weight excluding hydrogens is 570 g/mol. The number of carboxylic acids is 1. The lowest BCUT2D eigenvalue weighted by Gasteiger charge is -2.15. The molecule has 2 aromatic carbocycles. The number of furan rings is 1. The molecule has 4 rings (SSSR count). The zero-order valence-corrected chi connectivity index (χ0v) is 21.0. The van der Waals surface area contributed by atoms with Crippen molar-refractivity contribution < 1.29 is 45.5 Å². The van der Waals surface area contributed by atoms with E-state index in [4.69, 9.17) is 21.7 Å². The Morgan fingerprint density at radius 2 is 1.62 bits per heavy atom. The summed E-state index contributed by atoms with van der Waals surface area (Å²) in [5.74, 6) is -1.72. The summed E-state index contributed by atoms with van der Waals surface area (Å²) in [7, 11) is 0. The Balaban J connectivity index is 1.47. The van der Waals surface area contributed by atoms with Crippen molar-refractivity contribution in [3.63, 3.8) is 0 Å². The minimum Gasteiger partial charge on any atom is -0.478 e. The first-order chi connectivity index (χ1) is 18.2. The number of carboxylic acid groups (broad SMARTS) is 1. The largest absolute Gasteiger partial charge is 0.478 e. The average Bonchev–Trinajstić information content (AvgIpc) is 3.43. The van der Waals surface area contributed by atoms with Crippen LogP contribution in [0.25, 0.3) is 17.4 Å². The van der Waals surface area contributed by atoms with Gasteiger partial charge in [0.2, 0.25) is 0 Å². The second kappa shape index (κ2) is 10.8. The monoisotopic (exact) mass is 586 g/mol. The van der Waals surface area contributed by atoms with Gasteiger partial charge in [-0.2, -0.15) is 26.3 Å². The number of anilines is 1. The Morgan fingerprint density at radius 1 is 1.00 bits per heavy atom. The number of carbonyl (C=O) groups is 2. The fraction of sp³-hybridized carbons (Fsp3) is 0.160. The first kappa shape index (κ1) is 28.2. The van der Waals surface area contributed by atoms with Crippen LogP contribution in [0.5, 0.6) is 0 Å². The summed E-state index contributed by atoms with van der Waals surface area (Å²) in [4.78, 5) is 25.2. The highest BCUT2D eigenvalue weighted by Gasteiger charge is 2.37. The zero-order valence-electron chi connectivity index (χ0n) is 19.4. The number of thioether (sulfide) groups is 1. The minimum atomic E-state index is -5.00. The Morgan fingerprint density at radius 3 is 2.18 bits per heavy atom. The van der Waals surface area contributed by atoms with Gasteiger partial charge in [-0.3, -0.25) is 9.69 Å². The molecule has 1 aliphatic rings. The van der Waals surface area contributed by atoms with Crippen molar-refractivity contribution in [1.29, 1.82) is 0 Å². The van der Waals surface area contributed by atoms with Crippen LogP contribution in [0.1, 0.15) is 27.2 Å². The molecule has 1 aliphatic heterocycles. The van der Waals surface area contributed by atoms with Crippen LogP contribution in [0.15, 0.2) is 63.9 Å². The summed E-state index contributed by atoms with van der Waals surface area (Å²) in [5.41, 5.74) is -2.62. The van der Waals surface area contributed by atoms with Gasteiger partial charge in [-0.05, 0) is 54.6 Å². The predicted molar refractivity (Wildman–Crippen MR) is 136 cm³/mol. The van der Waals surface area contributed by atoms with Crippen molar-refractivity contribution in [2.24, 2.45) is 0 Å². The first-order valence-electron chi connectivity index (χ1n) is 10.9. The molecule has 0 atom stereocenters. The lowest BCUT2D eigenvalue weighted by molar-refractivity contribution is -0.143. The van der Waals surface area contributed by atoms with Crippen LogP contribution in [0.3, 0.4) is 0 Å². The highest BCUT2D eigenvalue weighted by atomic mass is 32.2. The van der Waals surface area contributed by atoms with Gasteiger partial charge in [0, 0.05) is 30.4 Å². The van der Waals surface area contributed by atoms with E-state index in [2.05, 4.69) is 5.32 Å². The second-order valence-electron chi connectivity index (χ2n) is 8.14. The summed E-state index contributed by atoms with van der Waals surface area (Å²) in [6.45, 7) is 0.463. The lowest BCUT2D eigenvalue weighted by atomic mass is 10.0. The third-order valence-electron chi connectivity index (χ3n) is 5.44. The number of benzene rings is 2. The maximum absolute atomic E-state index is 13.2. The molecule has 204 valence electrons. The smallest absolute Gasteiger partial charge is 0.416 e. The van der Waals surface area contributed by atoms with Gasteiger partial charge in [-0.25, -0.2) is 4.79 Å². The number of amides is 1. The van der Waals surface area contributed by atoms with Gasteiger partial charge in [0.05, 0.1) is 21.6 Å². The number of hydrogen-bond donors (Lipinski definition) is 2. The molecule has 14 heteroatoms. The van der Waals surface area contributed by atoms with E-state index >= 15 is 0 Å². The van der Waals surface area contributed by atoms with Crippen LogP contribution < -0.4 is 5.32 Å². The van der Waals surface area contributed by atoms with Gasteiger partial charge in [0.15, 0.2) is 0 Å². The molecule has 0 spiro atoms. The van der Waals surface area contributed by atoms with Crippen molar-refractivity contribution in [1.82, 2.24) is 4.90 Å². The average molecular weight is 587 g/mol. The van der Waals surface area contributed by atoms with Crippen LogP contribution in [0.2, 0.25) is 0 Å². The van der Waals surface area contributed by atoms with Crippen LogP contribution >= 0.6 is 24.0 Å². The van der Waals surface area contributed by atoms with Gasteiger partial charge >= 0.3 is 18.3 Å². The number of nitrogens with one attached hydrogen (secondary N) is 1. The first-order valence-corrected chi connectivity index (χ1v) is 12.2. The molecular formula is C25H16F6N2O4S2. The van der Waals surface area contributed by atoms with Crippen molar-refractivity contribution in [3.05, 3.63) is 82.0 Å². The topological polar surface area (TPSA) is 82.8 Å².